The molecule has 1 aromatic rings. The number of ether oxygens (including phenoxy) is 1. The minimum atomic E-state index is -0.272. The summed E-state index contributed by atoms with van der Waals surface area (Å²) in [6.07, 6.45) is 5.78. The highest BCUT2D eigenvalue weighted by atomic mass is 19.1. The van der Waals surface area contributed by atoms with Gasteiger partial charge >= 0.3 is 0 Å². The molecule has 118 valence electrons. The third-order valence-electron chi connectivity index (χ3n) is 4.45. The van der Waals surface area contributed by atoms with E-state index in [0.717, 1.165) is 35.8 Å². The molecule has 1 aromatic carbocycles. The summed E-state index contributed by atoms with van der Waals surface area (Å²) in [7, 11) is 1.73. The van der Waals surface area contributed by atoms with Crippen LogP contribution in [0.15, 0.2) is 42.0 Å². The van der Waals surface area contributed by atoms with Gasteiger partial charge in [0.15, 0.2) is 0 Å². The summed E-state index contributed by atoms with van der Waals surface area (Å²) in [5, 5.41) is 0. The van der Waals surface area contributed by atoms with Gasteiger partial charge in [-0.1, -0.05) is 32.1 Å². The van der Waals surface area contributed by atoms with Crippen LogP contribution in [0.5, 0.6) is 0 Å². The average molecular weight is 302 g/mol. The Morgan fingerprint density at radius 3 is 2.36 bits per heavy atom. The standard InChI is InChI=1S/C19H23FO2/c1-18(2)13-19(3,22-4)12-16(17(18)6-5-11-21)14-7-9-15(20)10-8-14/h5-11H,12-13H2,1-4H3. The zero-order chi connectivity index (χ0) is 16.4. The molecule has 0 spiro atoms. The van der Waals surface area contributed by atoms with E-state index >= 15 is 0 Å². The Bertz CT molecular complexity index is 611. The van der Waals surface area contributed by atoms with Crippen LogP contribution in [0.3, 0.4) is 0 Å². The SMILES string of the molecule is COC1(C)CC(c2ccc(F)cc2)=C(C=CC=O)C(C)(C)C1. The molecule has 0 heterocycles. The molecule has 3 heteroatoms. The van der Waals surface area contributed by atoms with Crippen molar-refractivity contribution < 1.29 is 13.9 Å². The van der Waals surface area contributed by atoms with Crippen molar-refractivity contribution in [2.24, 2.45) is 5.41 Å². The molecule has 1 atom stereocenters. The average Bonchev–Trinajstić information content (AvgIpc) is 2.46. The van der Waals surface area contributed by atoms with Crippen LogP contribution in [-0.2, 0) is 9.53 Å². The molecule has 2 rings (SSSR count). The molecule has 22 heavy (non-hydrogen) atoms. The van der Waals surface area contributed by atoms with Crippen LogP contribution in [0, 0.1) is 11.2 Å². The minimum absolute atomic E-state index is 0.133. The highest BCUT2D eigenvalue weighted by molar-refractivity contribution is 5.76. The van der Waals surface area contributed by atoms with E-state index in [1.165, 1.54) is 18.2 Å². The molecule has 0 aromatic heterocycles. The molecule has 1 aliphatic carbocycles. The van der Waals surface area contributed by atoms with Gasteiger partial charge in [0, 0.05) is 13.5 Å². The summed E-state index contributed by atoms with van der Waals surface area (Å²) in [6.45, 7) is 6.40. The summed E-state index contributed by atoms with van der Waals surface area (Å²) in [4.78, 5) is 10.7. The predicted molar refractivity (Wildman–Crippen MR) is 87.0 cm³/mol. The summed E-state index contributed by atoms with van der Waals surface area (Å²) in [6, 6.07) is 6.51. The van der Waals surface area contributed by atoms with Gasteiger partial charge in [0.05, 0.1) is 5.60 Å². The number of aldehydes is 1. The Morgan fingerprint density at radius 1 is 1.18 bits per heavy atom. The molecule has 2 nitrogen and oxygen atoms in total. The van der Waals surface area contributed by atoms with Crippen LogP contribution in [0.4, 0.5) is 4.39 Å². The number of hydrogen-bond acceptors (Lipinski definition) is 2. The molecule has 0 saturated heterocycles. The van der Waals surface area contributed by atoms with Crippen molar-refractivity contribution in [3.63, 3.8) is 0 Å². The van der Waals surface area contributed by atoms with Crippen molar-refractivity contribution in [2.75, 3.05) is 7.11 Å². The van der Waals surface area contributed by atoms with Crippen molar-refractivity contribution in [3.05, 3.63) is 53.4 Å². The number of hydrogen-bond donors (Lipinski definition) is 0. The van der Waals surface area contributed by atoms with E-state index in [2.05, 4.69) is 20.8 Å². The van der Waals surface area contributed by atoms with E-state index in [9.17, 15) is 9.18 Å². The zero-order valence-corrected chi connectivity index (χ0v) is 13.7. The second-order valence-corrected chi connectivity index (χ2v) is 6.79. The van der Waals surface area contributed by atoms with Crippen molar-refractivity contribution in [1.82, 2.24) is 0 Å². The van der Waals surface area contributed by atoms with Gasteiger partial charge in [-0.05, 0) is 53.7 Å². The van der Waals surface area contributed by atoms with Crippen LogP contribution in [0.2, 0.25) is 0 Å². The van der Waals surface area contributed by atoms with Crippen molar-refractivity contribution in [2.45, 2.75) is 39.2 Å². The van der Waals surface area contributed by atoms with Gasteiger partial charge in [-0.2, -0.15) is 0 Å². The zero-order valence-electron chi connectivity index (χ0n) is 13.7. The van der Waals surface area contributed by atoms with Crippen LogP contribution < -0.4 is 0 Å². The molecule has 0 bridgehead atoms. The van der Waals surface area contributed by atoms with Gasteiger partial charge in [-0.25, -0.2) is 4.39 Å². The van der Waals surface area contributed by atoms with Crippen molar-refractivity contribution >= 4 is 11.9 Å². The topological polar surface area (TPSA) is 26.3 Å². The lowest BCUT2D eigenvalue weighted by Crippen LogP contribution is -2.39. The van der Waals surface area contributed by atoms with Gasteiger partial charge < -0.3 is 4.74 Å². The van der Waals surface area contributed by atoms with E-state index < -0.39 is 0 Å². The minimum Gasteiger partial charge on any atom is -0.378 e. The second-order valence-electron chi connectivity index (χ2n) is 6.79. The molecule has 1 unspecified atom stereocenters. The lowest BCUT2D eigenvalue weighted by atomic mass is 9.65. The summed E-state index contributed by atoms with van der Waals surface area (Å²) < 4.78 is 19.0. The second kappa shape index (κ2) is 6.17. The molecular formula is C19H23FO2. The summed E-state index contributed by atoms with van der Waals surface area (Å²) in [5.74, 6) is -0.251. The first kappa shape index (κ1) is 16.6. The molecule has 0 N–H and O–H groups in total. The maximum Gasteiger partial charge on any atom is 0.142 e. The first-order chi connectivity index (χ1) is 10.3. The highest BCUT2D eigenvalue weighted by Crippen LogP contribution is 2.49. The molecule has 0 aliphatic heterocycles. The Balaban J connectivity index is 2.62. The van der Waals surface area contributed by atoms with E-state index in [4.69, 9.17) is 4.74 Å². The molecule has 0 saturated carbocycles. The first-order valence-corrected chi connectivity index (χ1v) is 7.48. The number of rotatable bonds is 4. The highest BCUT2D eigenvalue weighted by Gasteiger charge is 2.41. The number of benzene rings is 1. The third kappa shape index (κ3) is 3.36. The van der Waals surface area contributed by atoms with E-state index in [0.29, 0.717) is 0 Å². The van der Waals surface area contributed by atoms with Crippen molar-refractivity contribution in [3.8, 4) is 0 Å². The monoisotopic (exact) mass is 302 g/mol. The Kier molecular flexibility index (Phi) is 4.66. The Hall–Kier alpha value is -1.74. The quantitative estimate of drug-likeness (QED) is 0.602. The van der Waals surface area contributed by atoms with Gasteiger partial charge in [0.25, 0.3) is 0 Å². The number of carbonyl (C=O) groups is 1. The van der Waals surface area contributed by atoms with Gasteiger partial charge in [0.2, 0.25) is 0 Å². The Labute approximate surface area is 131 Å². The normalized spacial score (nSPS) is 24.8. The fourth-order valence-corrected chi connectivity index (χ4v) is 3.48. The van der Waals surface area contributed by atoms with E-state index in [1.807, 2.05) is 6.08 Å². The number of allylic oxidation sites excluding steroid dienone is 3. The largest absolute Gasteiger partial charge is 0.378 e. The van der Waals surface area contributed by atoms with E-state index in [1.54, 1.807) is 19.2 Å². The lowest BCUT2D eigenvalue weighted by molar-refractivity contribution is -0.104. The van der Waals surface area contributed by atoms with Crippen molar-refractivity contribution in [1.29, 1.82) is 0 Å². The van der Waals surface area contributed by atoms with Crippen LogP contribution in [-0.4, -0.2) is 19.0 Å². The number of carbonyl (C=O) groups excluding carboxylic acids is 1. The first-order valence-electron chi connectivity index (χ1n) is 7.48. The van der Waals surface area contributed by atoms with Crippen LogP contribution >= 0.6 is 0 Å². The molecule has 1 aliphatic rings. The lowest BCUT2D eigenvalue weighted by Gasteiger charge is -2.44. The summed E-state index contributed by atoms with van der Waals surface area (Å²) >= 11 is 0. The maximum absolute atomic E-state index is 13.2. The molecular weight excluding hydrogens is 279 g/mol. The van der Waals surface area contributed by atoms with Crippen LogP contribution in [0.25, 0.3) is 5.57 Å². The van der Waals surface area contributed by atoms with E-state index in [-0.39, 0.29) is 16.8 Å². The molecule has 0 radical (unpaired) electrons. The molecule has 0 amide bonds. The predicted octanol–water partition coefficient (Wildman–Crippen LogP) is 4.56. The number of methoxy groups -OCH3 is 1. The Morgan fingerprint density at radius 2 is 1.82 bits per heavy atom. The molecule has 0 fully saturated rings. The van der Waals surface area contributed by atoms with Gasteiger partial charge in [-0.3, -0.25) is 4.79 Å². The van der Waals surface area contributed by atoms with Gasteiger partial charge in [-0.15, -0.1) is 0 Å². The fourth-order valence-electron chi connectivity index (χ4n) is 3.48. The number of halogens is 1. The third-order valence-corrected chi connectivity index (χ3v) is 4.45. The van der Waals surface area contributed by atoms with Crippen LogP contribution in [0.1, 0.15) is 39.2 Å². The fraction of sp³-hybridized carbons (Fsp3) is 0.421. The van der Waals surface area contributed by atoms with Gasteiger partial charge in [0.1, 0.15) is 12.1 Å². The maximum atomic E-state index is 13.2. The smallest absolute Gasteiger partial charge is 0.142 e. The summed E-state index contributed by atoms with van der Waals surface area (Å²) in [5.41, 5.74) is 2.79.